The van der Waals surface area contributed by atoms with Gasteiger partial charge < -0.3 is 5.32 Å². The molecular formula is C11H11ClFN3. The third-order valence-corrected chi connectivity index (χ3v) is 2.60. The highest BCUT2D eigenvalue weighted by Crippen LogP contribution is 2.29. The average molecular weight is 240 g/mol. The molecular weight excluding hydrogens is 229 g/mol. The predicted octanol–water partition coefficient (Wildman–Crippen LogP) is 2.59. The lowest BCUT2D eigenvalue weighted by Crippen LogP contribution is -2.05. The molecule has 0 radical (unpaired) electrons. The first-order chi connectivity index (χ1) is 7.72. The van der Waals surface area contributed by atoms with Gasteiger partial charge in [0.25, 0.3) is 0 Å². The van der Waals surface area contributed by atoms with E-state index in [1.54, 1.807) is 12.3 Å². The van der Waals surface area contributed by atoms with E-state index >= 15 is 0 Å². The highest BCUT2D eigenvalue weighted by atomic mass is 35.5. The molecule has 1 aromatic heterocycles. The normalized spacial score (nSPS) is 10.7. The van der Waals surface area contributed by atoms with E-state index in [1.165, 1.54) is 12.1 Å². The Kier molecular flexibility index (Phi) is 3.22. The van der Waals surface area contributed by atoms with Gasteiger partial charge in [0, 0.05) is 17.7 Å². The van der Waals surface area contributed by atoms with Crippen molar-refractivity contribution in [1.29, 1.82) is 0 Å². The molecule has 16 heavy (non-hydrogen) atoms. The largest absolute Gasteiger partial charge is 0.316 e. The molecule has 3 nitrogen and oxygen atoms in total. The molecule has 0 saturated carbocycles. The Morgan fingerprint density at radius 3 is 3.00 bits per heavy atom. The van der Waals surface area contributed by atoms with Crippen LogP contribution in [-0.4, -0.2) is 17.2 Å². The van der Waals surface area contributed by atoms with E-state index in [2.05, 4.69) is 15.5 Å². The molecule has 0 spiro atoms. The van der Waals surface area contributed by atoms with E-state index in [0.717, 1.165) is 16.8 Å². The monoisotopic (exact) mass is 239 g/mol. The van der Waals surface area contributed by atoms with Crippen molar-refractivity contribution in [2.45, 2.75) is 6.54 Å². The van der Waals surface area contributed by atoms with Crippen LogP contribution in [0.25, 0.3) is 11.3 Å². The summed E-state index contributed by atoms with van der Waals surface area (Å²) in [5.74, 6) is -0.344. The summed E-state index contributed by atoms with van der Waals surface area (Å²) in [6.45, 7) is 0.680. The Hall–Kier alpha value is -1.39. The van der Waals surface area contributed by atoms with Gasteiger partial charge in [0.15, 0.2) is 0 Å². The van der Waals surface area contributed by atoms with Gasteiger partial charge in [-0.25, -0.2) is 4.39 Å². The van der Waals surface area contributed by atoms with E-state index in [4.69, 9.17) is 11.6 Å². The lowest BCUT2D eigenvalue weighted by molar-refractivity contribution is 0.628. The van der Waals surface area contributed by atoms with Crippen LogP contribution in [0.2, 0.25) is 5.02 Å². The maximum absolute atomic E-state index is 12.9. The summed E-state index contributed by atoms with van der Waals surface area (Å²) in [4.78, 5) is 0. The highest BCUT2D eigenvalue weighted by Gasteiger charge is 2.10. The summed E-state index contributed by atoms with van der Waals surface area (Å²) in [6, 6.07) is 4.32. The number of nitrogens with zero attached hydrogens (tertiary/aromatic N) is 1. The van der Waals surface area contributed by atoms with Gasteiger partial charge in [-0.15, -0.1) is 0 Å². The zero-order valence-electron chi connectivity index (χ0n) is 8.72. The number of hydrogen-bond donors (Lipinski definition) is 2. The number of H-pyrrole nitrogens is 1. The molecule has 2 N–H and O–H groups in total. The first kappa shape index (κ1) is 11.1. The Balaban J connectivity index is 2.46. The van der Waals surface area contributed by atoms with Crippen LogP contribution >= 0.6 is 11.6 Å². The molecule has 0 atom stereocenters. The van der Waals surface area contributed by atoms with Crippen LogP contribution in [0.1, 0.15) is 5.56 Å². The van der Waals surface area contributed by atoms with Crippen molar-refractivity contribution in [3.05, 3.63) is 40.8 Å². The van der Waals surface area contributed by atoms with E-state index in [0.29, 0.717) is 11.6 Å². The Morgan fingerprint density at radius 2 is 2.31 bits per heavy atom. The molecule has 0 aliphatic heterocycles. The molecule has 0 aliphatic rings. The fraction of sp³-hybridized carbons (Fsp3) is 0.182. The van der Waals surface area contributed by atoms with Gasteiger partial charge in [-0.1, -0.05) is 11.6 Å². The quantitative estimate of drug-likeness (QED) is 0.865. The van der Waals surface area contributed by atoms with Gasteiger partial charge in [0.1, 0.15) is 5.82 Å². The van der Waals surface area contributed by atoms with Gasteiger partial charge in [0.05, 0.1) is 16.9 Å². The topological polar surface area (TPSA) is 40.7 Å². The molecule has 0 saturated heterocycles. The van der Waals surface area contributed by atoms with Crippen molar-refractivity contribution < 1.29 is 4.39 Å². The minimum Gasteiger partial charge on any atom is -0.316 e. The van der Waals surface area contributed by atoms with Crippen LogP contribution in [0.3, 0.4) is 0 Å². The summed E-state index contributed by atoms with van der Waals surface area (Å²) >= 11 is 5.98. The first-order valence-corrected chi connectivity index (χ1v) is 5.22. The summed E-state index contributed by atoms with van der Waals surface area (Å²) < 4.78 is 12.9. The van der Waals surface area contributed by atoms with E-state index < -0.39 is 0 Å². The summed E-state index contributed by atoms with van der Waals surface area (Å²) in [5, 5.41) is 10.2. The fourth-order valence-electron chi connectivity index (χ4n) is 1.56. The Labute approximate surface area is 97.6 Å². The van der Waals surface area contributed by atoms with Crippen molar-refractivity contribution in [2.24, 2.45) is 0 Å². The second-order valence-electron chi connectivity index (χ2n) is 3.42. The van der Waals surface area contributed by atoms with Crippen LogP contribution in [0.5, 0.6) is 0 Å². The standard InChI is InChI=1S/C11H11ClFN3/c1-14-5-7-6-15-16-11(7)9-3-2-8(13)4-10(9)12/h2-4,6,14H,5H2,1H3,(H,15,16). The van der Waals surface area contributed by atoms with Gasteiger partial charge in [-0.05, 0) is 25.2 Å². The van der Waals surface area contributed by atoms with E-state index in [1.807, 2.05) is 7.05 Å². The minimum absolute atomic E-state index is 0.344. The SMILES string of the molecule is CNCc1cn[nH]c1-c1ccc(F)cc1Cl. The van der Waals surface area contributed by atoms with Crippen LogP contribution in [0, 0.1) is 5.82 Å². The molecule has 2 aromatic rings. The second kappa shape index (κ2) is 4.63. The lowest BCUT2D eigenvalue weighted by Gasteiger charge is -2.05. The smallest absolute Gasteiger partial charge is 0.124 e. The van der Waals surface area contributed by atoms with Crippen LogP contribution < -0.4 is 5.32 Å². The van der Waals surface area contributed by atoms with Gasteiger partial charge in [0.2, 0.25) is 0 Å². The number of hydrogen-bond acceptors (Lipinski definition) is 2. The molecule has 84 valence electrons. The van der Waals surface area contributed by atoms with E-state index in [-0.39, 0.29) is 5.82 Å². The molecule has 1 aromatic carbocycles. The van der Waals surface area contributed by atoms with Crippen molar-refractivity contribution >= 4 is 11.6 Å². The maximum atomic E-state index is 12.9. The fourth-order valence-corrected chi connectivity index (χ4v) is 1.82. The third kappa shape index (κ3) is 2.08. The molecule has 0 fully saturated rings. The number of aromatic amines is 1. The summed E-state index contributed by atoms with van der Waals surface area (Å²) in [6.07, 6.45) is 1.73. The molecule has 0 amide bonds. The van der Waals surface area contributed by atoms with Crippen molar-refractivity contribution in [3.8, 4) is 11.3 Å². The van der Waals surface area contributed by atoms with Gasteiger partial charge in [-0.2, -0.15) is 5.10 Å². The first-order valence-electron chi connectivity index (χ1n) is 4.84. The van der Waals surface area contributed by atoms with Gasteiger partial charge in [-0.3, -0.25) is 5.10 Å². The van der Waals surface area contributed by atoms with Crippen molar-refractivity contribution in [3.63, 3.8) is 0 Å². The molecule has 1 heterocycles. The van der Waals surface area contributed by atoms with Crippen LogP contribution in [0.15, 0.2) is 24.4 Å². The highest BCUT2D eigenvalue weighted by molar-refractivity contribution is 6.33. The second-order valence-corrected chi connectivity index (χ2v) is 3.83. The molecule has 5 heteroatoms. The van der Waals surface area contributed by atoms with Crippen molar-refractivity contribution in [2.75, 3.05) is 7.05 Å². The third-order valence-electron chi connectivity index (χ3n) is 2.29. The lowest BCUT2D eigenvalue weighted by atomic mass is 10.1. The Morgan fingerprint density at radius 1 is 1.50 bits per heavy atom. The zero-order chi connectivity index (χ0) is 11.5. The number of nitrogens with one attached hydrogen (secondary N) is 2. The minimum atomic E-state index is -0.344. The Bertz CT molecular complexity index is 496. The number of halogens is 2. The van der Waals surface area contributed by atoms with Crippen molar-refractivity contribution in [1.82, 2.24) is 15.5 Å². The number of aromatic nitrogens is 2. The molecule has 0 aliphatic carbocycles. The number of benzene rings is 1. The summed E-state index contributed by atoms with van der Waals surface area (Å²) in [7, 11) is 1.85. The van der Waals surface area contributed by atoms with E-state index in [9.17, 15) is 4.39 Å². The molecule has 0 bridgehead atoms. The van der Waals surface area contributed by atoms with Crippen LogP contribution in [0.4, 0.5) is 4.39 Å². The van der Waals surface area contributed by atoms with Gasteiger partial charge >= 0.3 is 0 Å². The average Bonchev–Trinajstić information content (AvgIpc) is 2.67. The zero-order valence-corrected chi connectivity index (χ0v) is 9.48. The predicted molar refractivity (Wildman–Crippen MR) is 61.8 cm³/mol. The summed E-state index contributed by atoms with van der Waals surface area (Å²) in [5.41, 5.74) is 2.57. The number of rotatable bonds is 3. The molecule has 2 rings (SSSR count). The van der Waals surface area contributed by atoms with Crippen LogP contribution in [-0.2, 0) is 6.54 Å². The molecule has 0 unspecified atom stereocenters. The maximum Gasteiger partial charge on any atom is 0.124 e.